The quantitative estimate of drug-likeness (QED) is 0.721. The van der Waals surface area contributed by atoms with Gasteiger partial charge in [0.25, 0.3) is 0 Å². The molecule has 0 aromatic carbocycles. The van der Waals surface area contributed by atoms with Crippen molar-refractivity contribution in [3.63, 3.8) is 0 Å². The van der Waals surface area contributed by atoms with Crippen molar-refractivity contribution in [3.05, 3.63) is 0 Å². The molecule has 2 rings (SSSR count). The second kappa shape index (κ2) is 8.08. The zero-order valence-corrected chi connectivity index (χ0v) is 12.2. The molecule has 0 aromatic heterocycles. The van der Waals surface area contributed by atoms with Crippen LogP contribution in [0.2, 0.25) is 0 Å². The molecule has 16 heavy (non-hydrogen) atoms. The molecule has 1 unspecified atom stereocenters. The first-order valence-corrected chi connectivity index (χ1v) is 6.96. The van der Waals surface area contributed by atoms with Gasteiger partial charge in [-0.15, -0.1) is 0 Å². The van der Waals surface area contributed by atoms with Crippen LogP contribution in [-0.2, 0) is 0 Å². The molecule has 1 saturated heterocycles. The molecule has 1 atom stereocenters. The molecule has 1 aliphatic heterocycles. The molecule has 0 bridgehead atoms. The van der Waals surface area contributed by atoms with Gasteiger partial charge in [-0.25, -0.2) is 0 Å². The topological polar surface area (TPSA) is 24.1 Å². The van der Waals surface area contributed by atoms with Gasteiger partial charge >= 0.3 is 0 Å². The van der Waals surface area contributed by atoms with Crippen LogP contribution in [-0.4, -0.2) is 26.2 Å². The maximum absolute atomic E-state index is 3.36. The Labute approximate surface area is 103 Å². The third-order valence-corrected chi connectivity index (χ3v) is 3.11. The zero-order valence-electron chi connectivity index (χ0n) is 12.2. The van der Waals surface area contributed by atoms with Crippen molar-refractivity contribution in [2.45, 2.75) is 59.9 Å². The van der Waals surface area contributed by atoms with Crippen LogP contribution < -0.4 is 10.6 Å². The summed E-state index contributed by atoms with van der Waals surface area (Å²) >= 11 is 0. The van der Waals surface area contributed by atoms with Crippen LogP contribution in [0.1, 0.15) is 53.9 Å². The zero-order chi connectivity index (χ0) is 12.6. The summed E-state index contributed by atoms with van der Waals surface area (Å²) in [5.74, 6) is 0.833. The molecule has 2 heteroatoms. The van der Waals surface area contributed by atoms with E-state index in [9.17, 15) is 0 Å². The first-order valence-electron chi connectivity index (χ1n) is 6.96. The van der Waals surface area contributed by atoms with Gasteiger partial charge in [-0.2, -0.15) is 0 Å². The van der Waals surface area contributed by atoms with Gasteiger partial charge in [0, 0.05) is 19.1 Å². The number of hydrogen-bond donors (Lipinski definition) is 2. The molecule has 0 aromatic rings. The number of nitrogens with one attached hydrogen (secondary N) is 2. The van der Waals surface area contributed by atoms with Crippen molar-refractivity contribution in [1.29, 1.82) is 0 Å². The Kier molecular flexibility index (Phi) is 8.04. The van der Waals surface area contributed by atoms with Gasteiger partial charge < -0.3 is 10.6 Å². The second-order valence-corrected chi connectivity index (χ2v) is 5.56. The van der Waals surface area contributed by atoms with Gasteiger partial charge in [0.15, 0.2) is 0 Å². The molecule has 2 fully saturated rings. The lowest BCUT2D eigenvalue weighted by molar-refractivity contribution is 0.173. The fourth-order valence-corrected chi connectivity index (χ4v) is 2.25. The monoisotopic (exact) mass is 228 g/mol. The fourth-order valence-electron chi connectivity index (χ4n) is 2.25. The summed E-state index contributed by atoms with van der Waals surface area (Å²) in [5, 5.41) is 6.72. The minimum absolute atomic E-state index is 0.716. The Morgan fingerprint density at radius 1 is 1.19 bits per heavy atom. The van der Waals surface area contributed by atoms with Crippen molar-refractivity contribution in [2.24, 2.45) is 11.3 Å². The van der Waals surface area contributed by atoms with E-state index in [1.54, 1.807) is 0 Å². The lowest BCUT2D eigenvalue weighted by atomic mass is 9.80. The van der Waals surface area contributed by atoms with E-state index in [0.717, 1.165) is 12.0 Å². The SMILES string of the molecule is CC.CC(C)C.CNC1CCC2(CNC2)C1. The van der Waals surface area contributed by atoms with Crippen LogP contribution in [0.15, 0.2) is 0 Å². The standard InChI is InChI=1S/C8H16N2.C4H10.C2H6/c1-9-7-2-3-8(4-7)5-10-6-8;1-4(2)3;1-2/h7,9-10H,2-6H2,1H3;4H,1-3H3;1-2H3. The Balaban J connectivity index is 0.000000323. The van der Waals surface area contributed by atoms with Crippen LogP contribution >= 0.6 is 0 Å². The van der Waals surface area contributed by atoms with Crippen LogP contribution in [0, 0.1) is 11.3 Å². The molecule has 1 spiro atoms. The van der Waals surface area contributed by atoms with Crippen molar-refractivity contribution in [2.75, 3.05) is 20.1 Å². The van der Waals surface area contributed by atoms with Gasteiger partial charge in [0.1, 0.15) is 0 Å². The largest absolute Gasteiger partial charge is 0.317 e. The second-order valence-electron chi connectivity index (χ2n) is 5.56. The molecule has 1 aliphatic carbocycles. The predicted octanol–water partition coefficient (Wildman–Crippen LogP) is 3.04. The van der Waals surface area contributed by atoms with E-state index < -0.39 is 0 Å². The highest BCUT2D eigenvalue weighted by atomic mass is 15.0. The van der Waals surface area contributed by atoms with Gasteiger partial charge in [0.05, 0.1) is 0 Å². The maximum atomic E-state index is 3.36. The van der Waals surface area contributed by atoms with E-state index >= 15 is 0 Å². The molecule has 0 radical (unpaired) electrons. The number of hydrogen-bond acceptors (Lipinski definition) is 2. The lowest BCUT2D eigenvalue weighted by Gasteiger charge is -2.39. The smallest absolute Gasteiger partial charge is 0.00705 e. The van der Waals surface area contributed by atoms with Crippen molar-refractivity contribution in [1.82, 2.24) is 10.6 Å². The maximum Gasteiger partial charge on any atom is 0.00705 e. The fraction of sp³-hybridized carbons (Fsp3) is 1.00. The number of rotatable bonds is 1. The molecular formula is C14H32N2. The summed E-state index contributed by atoms with van der Waals surface area (Å²) in [6.45, 7) is 13.0. The summed E-state index contributed by atoms with van der Waals surface area (Å²) in [4.78, 5) is 0. The lowest BCUT2D eigenvalue weighted by Crippen LogP contribution is -2.52. The van der Waals surface area contributed by atoms with Crippen LogP contribution in [0.5, 0.6) is 0 Å². The highest BCUT2D eigenvalue weighted by Gasteiger charge is 2.42. The normalized spacial score (nSPS) is 25.3. The molecule has 2 nitrogen and oxygen atoms in total. The molecule has 1 heterocycles. The van der Waals surface area contributed by atoms with Crippen LogP contribution in [0.25, 0.3) is 0 Å². The van der Waals surface area contributed by atoms with Gasteiger partial charge in [-0.3, -0.25) is 0 Å². The Hall–Kier alpha value is -0.0800. The highest BCUT2D eigenvalue weighted by Crippen LogP contribution is 2.40. The van der Waals surface area contributed by atoms with Crippen molar-refractivity contribution >= 4 is 0 Å². The summed E-state index contributed by atoms with van der Waals surface area (Å²) in [6.07, 6.45) is 4.22. The summed E-state index contributed by atoms with van der Waals surface area (Å²) in [6, 6.07) is 0.807. The summed E-state index contributed by atoms with van der Waals surface area (Å²) in [7, 11) is 2.08. The van der Waals surface area contributed by atoms with Gasteiger partial charge in [-0.05, 0) is 37.6 Å². The Morgan fingerprint density at radius 3 is 1.88 bits per heavy atom. The molecule has 98 valence electrons. The van der Waals surface area contributed by atoms with Crippen molar-refractivity contribution < 1.29 is 0 Å². The average Bonchev–Trinajstić information content (AvgIpc) is 2.63. The van der Waals surface area contributed by atoms with E-state index in [-0.39, 0.29) is 0 Å². The third kappa shape index (κ3) is 5.31. The molecule has 0 amide bonds. The van der Waals surface area contributed by atoms with Gasteiger partial charge in [-0.1, -0.05) is 34.6 Å². The molecule has 1 saturated carbocycles. The van der Waals surface area contributed by atoms with Gasteiger partial charge in [0.2, 0.25) is 0 Å². The van der Waals surface area contributed by atoms with Crippen LogP contribution in [0.3, 0.4) is 0 Å². The van der Waals surface area contributed by atoms with E-state index in [0.29, 0.717) is 5.41 Å². The highest BCUT2D eigenvalue weighted by molar-refractivity contribution is 5.00. The Morgan fingerprint density at radius 2 is 1.69 bits per heavy atom. The van der Waals surface area contributed by atoms with Crippen LogP contribution in [0.4, 0.5) is 0 Å². The molecule has 2 N–H and O–H groups in total. The first-order chi connectivity index (χ1) is 7.58. The van der Waals surface area contributed by atoms with E-state index in [1.165, 1.54) is 32.4 Å². The summed E-state index contributed by atoms with van der Waals surface area (Å²) < 4.78 is 0. The summed E-state index contributed by atoms with van der Waals surface area (Å²) in [5.41, 5.74) is 0.716. The molecule has 2 aliphatic rings. The van der Waals surface area contributed by atoms with E-state index in [4.69, 9.17) is 0 Å². The first kappa shape index (κ1) is 15.9. The minimum atomic E-state index is 0.716. The van der Waals surface area contributed by atoms with E-state index in [2.05, 4.69) is 38.5 Å². The van der Waals surface area contributed by atoms with Crippen molar-refractivity contribution in [3.8, 4) is 0 Å². The third-order valence-electron chi connectivity index (χ3n) is 3.11. The minimum Gasteiger partial charge on any atom is -0.317 e. The average molecular weight is 228 g/mol. The Bertz CT molecular complexity index is 159. The molecular weight excluding hydrogens is 196 g/mol. The predicted molar refractivity (Wildman–Crippen MR) is 73.9 cm³/mol. The van der Waals surface area contributed by atoms with E-state index in [1.807, 2.05) is 13.8 Å².